The van der Waals surface area contributed by atoms with E-state index in [-0.39, 0.29) is 0 Å². The molecule has 0 amide bonds. The molecule has 0 bridgehead atoms. The fourth-order valence-corrected chi connectivity index (χ4v) is 0.505. The molecular weight excluding hydrogens is 134 g/mol. The fraction of sp³-hybridized carbons (Fsp3) is 0.700. The fourth-order valence-electron chi connectivity index (χ4n) is 0.505. The zero-order valence-electron chi connectivity index (χ0n) is 8.52. The van der Waals surface area contributed by atoms with Crippen molar-refractivity contribution in [3.05, 3.63) is 11.3 Å². The molecule has 64 valence electrons. The van der Waals surface area contributed by atoms with Crippen LogP contribution >= 0.6 is 0 Å². The Morgan fingerprint density at radius 1 is 1.00 bits per heavy atom. The van der Waals surface area contributed by atoms with E-state index in [4.69, 9.17) is 0 Å². The molecule has 0 radical (unpaired) electrons. The molecule has 0 fully saturated rings. The second-order valence-electron chi connectivity index (χ2n) is 3.49. The lowest BCUT2D eigenvalue weighted by Crippen LogP contribution is -2.01. The molecule has 0 atom stereocenters. The van der Waals surface area contributed by atoms with Crippen molar-refractivity contribution < 1.29 is 0 Å². The Hall–Kier alpha value is -0.590. The van der Waals surface area contributed by atoms with Gasteiger partial charge in [0.05, 0.1) is 0 Å². The maximum atomic E-state index is 4.47. The van der Waals surface area contributed by atoms with Crippen molar-refractivity contribution in [1.29, 1.82) is 0 Å². The topological polar surface area (TPSA) is 12.4 Å². The van der Waals surface area contributed by atoms with Gasteiger partial charge in [-0.25, -0.2) is 0 Å². The molecular formula is C10H19N. The van der Waals surface area contributed by atoms with Crippen molar-refractivity contribution in [1.82, 2.24) is 0 Å². The summed E-state index contributed by atoms with van der Waals surface area (Å²) in [6, 6.07) is 0. The summed E-state index contributed by atoms with van der Waals surface area (Å²) >= 11 is 0. The van der Waals surface area contributed by atoms with E-state index in [1.165, 1.54) is 11.3 Å². The number of nitrogens with zero attached hydrogens (tertiary/aromatic N) is 1. The smallest absolute Gasteiger partial charge is 0.0358 e. The largest absolute Gasteiger partial charge is 0.263 e. The minimum absolute atomic E-state index is 0.560. The van der Waals surface area contributed by atoms with Crippen LogP contribution in [0.5, 0.6) is 0 Å². The molecule has 11 heavy (non-hydrogen) atoms. The Morgan fingerprint density at radius 3 is 1.73 bits per heavy atom. The van der Waals surface area contributed by atoms with Gasteiger partial charge in [0, 0.05) is 11.4 Å². The van der Waals surface area contributed by atoms with Crippen LogP contribution < -0.4 is 0 Å². The summed E-state index contributed by atoms with van der Waals surface area (Å²) in [4.78, 5) is 4.47. The van der Waals surface area contributed by atoms with Gasteiger partial charge in [0.15, 0.2) is 0 Å². The van der Waals surface area contributed by atoms with E-state index < -0.39 is 0 Å². The zero-order chi connectivity index (χ0) is 9.02. The van der Waals surface area contributed by atoms with E-state index in [0.29, 0.717) is 5.92 Å². The SMILES string of the molecule is CC(C)=C(C)/N=C(\C)C(C)C. The first-order valence-corrected chi connectivity index (χ1v) is 4.14. The number of hydrogen-bond donors (Lipinski definition) is 0. The van der Waals surface area contributed by atoms with E-state index in [1.807, 2.05) is 0 Å². The molecule has 0 saturated carbocycles. The van der Waals surface area contributed by atoms with Crippen molar-refractivity contribution in [3.63, 3.8) is 0 Å². The Morgan fingerprint density at radius 2 is 1.45 bits per heavy atom. The summed E-state index contributed by atoms with van der Waals surface area (Å²) in [5.41, 5.74) is 3.66. The van der Waals surface area contributed by atoms with Gasteiger partial charge in [-0.3, -0.25) is 4.99 Å². The normalized spacial score (nSPS) is 12.1. The Labute approximate surface area is 70.2 Å². The molecule has 1 nitrogen and oxygen atoms in total. The first kappa shape index (κ1) is 10.4. The van der Waals surface area contributed by atoms with E-state index in [2.05, 4.69) is 46.5 Å². The van der Waals surface area contributed by atoms with Crippen LogP contribution in [-0.4, -0.2) is 5.71 Å². The minimum Gasteiger partial charge on any atom is -0.263 e. The lowest BCUT2D eigenvalue weighted by atomic mass is 10.1. The van der Waals surface area contributed by atoms with Crippen LogP contribution in [0.25, 0.3) is 0 Å². The van der Waals surface area contributed by atoms with Crippen LogP contribution in [0.1, 0.15) is 41.5 Å². The lowest BCUT2D eigenvalue weighted by Gasteiger charge is -2.04. The Kier molecular flexibility index (Phi) is 4.09. The van der Waals surface area contributed by atoms with Gasteiger partial charge in [0.25, 0.3) is 0 Å². The number of allylic oxidation sites excluding steroid dienone is 2. The summed E-state index contributed by atoms with van der Waals surface area (Å²) < 4.78 is 0. The average Bonchev–Trinajstić information content (AvgIpc) is 1.87. The third-order valence-electron chi connectivity index (χ3n) is 1.90. The second-order valence-corrected chi connectivity index (χ2v) is 3.49. The standard InChI is InChI=1S/C10H19N/c1-7(2)9(5)11-10(6)8(3)4/h7H,1-6H3/b11-9+. The summed E-state index contributed by atoms with van der Waals surface area (Å²) in [6.45, 7) is 12.6. The van der Waals surface area contributed by atoms with Crippen molar-refractivity contribution in [2.45, 2.75) is 41.5 Å². The van der Waals surface area contributed by atoms with E-state index in [1.54, 1.807) is 0 Å². The second kappa shape index (κ2) is 4.32. The van der Waals surface area contributed by atoms with Gasteiger partial charge in [0.2, 0.25) is 0 Å². The third-order valence-corrected chi connectivity index (χ3v) is 1.90. The van der Waals surface area contributed by atoms with Gasteiger partial charge < -0.3 is 0 Å². The molecule has 0 N–H and O–H groups in total. The maximum absolute atomic E-state index is 4.47. The lowest BCUT2D eigenvalue weighted by molar-refractivity contribution is 0.874. The number of hydrogen-bond acceptors (Lipinski definition) is 1. The highest BCUT2D eigenvalue weighted by Gasteiger charge is 1.97. The minimum atomic E-state index is 0.560. The van der Waals surface area contributed by atoms with Crippen molar-refractivity contribution in [2.24, 2.45) is 10.9 Å². The highest BCUT2D eigenvalue weighted by Crippen LogP contribution is 2.06. The van der Waals surface area contributed by atoms with Crippen molar-refractivity contribution >= 4 is 5.71 Å². The molecule has 0 heterocycles. The highest BCUT2D eigenvalue weighted by molar-refractivity contribution is 5.84. The Balaban J connectivity index is 4.44. The first-order valence-electron chi connectivity index (χ1n) is 4.14. The zero-order valence-corrected chi connectivity index (χ0v) is 8.52. The first-order chi connectivity index (χ1) is 4.95. The van der Waals surface area contributed by atoms with Gasteiger partial charge >= 0.3 is 0 Å². The third kappa shape index (κ3) is 3.97. The van der Waals surface area contributed by atoms with Crippen LogP contribution in [0.3, 0.4) is 0 Å². The van der Waals surface area contributed by atoms with Crippen LogP contribution in [0, 0.1) is 5.92 Å². The van der Waals surface area contributed by atoms with Gasteiger partial charge in [-0.05, 0) is 33.6 Å². The number of aliphatic imine (C=N–C) groups is 1. The maximum Gasteiger partial charge on any atom is 0.0358 e. The van der Waals surface area contributed by atoms with Crippen LogP contribution in [0.4, 0.5) is 0 Å². The molecule has 0 saturated heterocycles. The van der Waals surface area contributed by atoms with E-state index in [0.717, 1.165) is 5.70 Å². The average molecular weight is 153 g/mol. The van der Waals surface area contributed by atoms with Crippen molar-refractivity contribution in [3.8, 4) is 0 Å². The summed E-state index contributed by atoms with van der Waals surface area (Å²) in [6.07, 6.45) is 0. The predicted octanol–water partition coefficient (Wildman–Crippen LogP) is 3.42. The molecule has 0 rings (SSSR count). The van der Waals surface area contributed by atoms with Gasteiger partial charge in [-0.15, -0.1) is 0 Å². The molecule has 1 heteroatoms. The molecule has 0 aromatic rings. The summed E-state index contributed by atoms with van der Waals surface area (Å²) in [7, 11) is 0. The highest BCUT2D eigenvalue weighted by atomic mass is 14.7. The van der Waals surface area contributed by atoms with Crippen LogP contribution in [0.15, 0.2) is 16.3 Å². The molecule has 0 spiro atoms. The summed E-state index contributed by atoms with van der Waals surface area (Å²) in [5, 5.41) is 0. The molecule has 0 unspecified atom stereocenters. The molecule has 0 aliphatic heterocycles. The van der Waals surface area contributed by atoms with Crippen LogP contribution in [-0.2, 0) is 0 Å². The molecule has 0 aromatic heterocycles. The van der Waals surface area contributed by atoms with Gasteiger partial charge in [-0.2, -0.15) is 0 Å². The number of rotatable bonds is 2. The quantitative estimate of drug-likeness (QED) is 0.539. The van der Waals surface area contributed by atoms with Gasteiger partial charge in [0.1, 0.15) is 0 Å². The van der Waals surface area contributed by atoms with Crippen molar-refractivity contribution in [2.75, 3.05) is 0 Å². The molecule has 0 aliphatic rings. The molecule has 0 aliphatic carbocycles. The monoisotopic (exact) mass is 153 g/mol. The van der Waals surface area contributed by atoms with E-state index in [9.17, 15) is 0 Å². The predicted molar refractivity (Wildman–Crippen MR) is 52.0 cm³/mol. The van der Waals surface area contributed by atoms with Gasteiger partial charge in [-0.1, -0.05) is 19.4 Å². The molecule has 0 aromatic carbocycles. The van der Waals surface area contributed by atoms with E-state index >= 15 is 0 Å². The Bertz CT molecular complexity index is 181. The van der Waals surface area contributed by atoms with Crippen LogP contribution in [0.2, 0.25) is 0 Å². The summed E-state index contributed by atoms with van der Waals surface area (Å²) in [5.74, 6) is 0.560.